The number of likely N-dealkylation sites (N-methyl/N-ethyl adjacent to an activating group) is 1. The fourth-order valence-corrected chi connectivity index (χ4v) is 1.69. The number of nitrogens with two attached hydrogens (primary N) is 1. The second-order valence-corrected chi connectivity index (χ2v) is 4.21. The van der Waals surface area contributed by atoms with Crippen LogP contribution in [0.25, 0.3) is 0 Å². The second kappa shape index (κ2) is 4.06. The van der Waals surface area contributed by atoms with E-state index in [2.05, 4.69) is 11.9 Å². The minimum Gasteiger partial charge on any atom is -0.398 e. The van der Waals surface area contributed by atoms with E-state index in [4.69, 9.17) is 5.73 Å². The standard InChI is InChI=1S/C11H17N3O/c1-13(10-3-4-10)6-7-14-8-9(12)2-5-11(14)15/h2,5,8,10H,3-4,6-7,12H2,1H3. The van der Waals surface area contributed by atoms with E-state index in [0.29, 0.717) is 5.69 Å². The highest BCUT2D eigenvalue weighted by molar-refractivity contribution is 5.33. The number of hydrogen-bond donors (Lipinski definition) is 1. The Balaban J connectivity index is 1.97. The quantitative estimate of drug-likeness (QED) is 0.783. The molecular weight excluding hydrogens is 190 g/mol. The summed E-state index contributed by atoms with van der Waals surface area (Å²) in [6, 6.07) is 3.90. The number of pyridine rings is 1. The summed E-state index contributed by atoms with van der Waals surface area (Å²) < 4.78 is 1.67. The summed E-state index contributed by atoms with van der Waals surface area (Å²) in [6.45, 7) is 1.63. The van der Waals surface area contributed by atoms with Crippen LogP contribution >= 0.6 is 0 Å². The van der Waals surface area contributed by atoms with Gasteiger partial charge in [-0.25, -0.2) is 0 Å². The van der Waals surface area contributed by atoms with Gasteiger partial charge in [-0.2, -0.15) is 0 Å². The zero-order chi connectivity index (χ0) is 10.8. The van der Waals surface area contributed by atoms with Gasteiger partial charge in [0.2, 0.25) is 0 Å². The Hall–Kier alpha value is -1.29. The minimum atomic E-state index is 0.0217. The molecule has 0 radical (unpaired) electrons. The fourth-order valence-electron chi connectivity index (χ4n) is 1.69. The summed E-state index contributed by atoms with van der Waals surface area (Å²) in [4.78, 5) is 13.8. The van der Waals surface area contributed by atoms with Crippen molar-refractivity contribution in [3.05, 3.63) is 28.7 Å². The van der Waals surface area contributed by atoms with Crippen LogP contribution in [-0.4, -0.2) is 29.1 Å². The van der Waals surface area contributed by atoms with E-state index >= 15 is 0 Å². The predicted molar refractivity (Wildman–Crippen MR) is 60.8 cm³/mol. The molecule has 1 aliphatic carbocycles. The summed E-state index contributed by atoms with van der Waals surface area (Å²) in [5.74, 6) is 0. The van der Waals surface area contributed by atoms with Crippen LogP contribution in [0.2, 0.25) is 0 Å². The van der Waals surface area contributed by atoms with Gasteiger partial charge in [0.25, 0.3) is 5.56 Å². The van der Waals surface area contributed by atoms with Crippen molar-refractivity contribution in [3.63, 3.8) is 0 Å². The zero-order valence-electron chi connectivity index (χ0n) is 9.02. The van der Waals surface area contributed by atoms with Crippen molar-refractivity contribution < 1.29 is 0 Å². The normalized spacial score (nSPS) is 15.9. The first-order chi connectivity index (χ1) is 7.16. The number of nitrogen functional groups attached to an aromatic ring is 1. The lowest BCUT2D eigenvalue weighted by molar-refractivity contribution is 0.307. The number of nitrogens with zero attached hydrogens (tertiary/aromatic N) is 2. The Kier molecular flexibility index (Phi) is 2.77. The molecule has 0 aromatic carbocycles. The molecule has 4 nitrogen and oxygen atoms in total. The van der Waals surface area contributed by atoms with E-state index in [1.165, 1.54) is 18.9 Å². The Morgan fingerprint density at radius 1 is 1.53 bits per heavy atom. The summed E-state index contributed by atoms with van der Waals surface area (Å²) in [5.41, 5.74) is 6.30. The SMILES string of the molecule is CN(CCn1cc(N)ccc1=O)C1CC1. The highest BCUT2D eigenvalue weighted by Crippen LogP contribution is 2.24. The van der Waals surface area contributed by atoms with Gasteiger partial charge in [0.1, 0.15) is 0 Å². The van der Waals surface area contributed by atoms with Gasteiger partial charge < -0.3 is 15.2 Å². The van der Waals surface area contributed by atoms with E-state index in [1.54, 1.807) is 16.8 Å². The average Bonchev–Trinajstić information content (AvgIpc) is 3.02. The van der Waals surface area contributed by atoms with Gasteiger partial charge in [-0.3, -0.25) is 4.79 Å². The lowest BCUT2D eigenvalue weighted by atomic mass is 10.4. The maximum Gasteiger partial charge on any atom is 0.250 e. The third kappa shape index (κ3) is 2.59. The summed E-state index contributed by atoms with van der Waals surface area (Å²) in [7, 11) is 2.11. The largest absolute Gasteiger partial charge is 0.398 e. The van der Waals surface area contributed by atoms with Crippen LogP contribution in [0.3, 0.4) is 0 Å². The molecule has 0 saturated heterocycles. The number of rotatable bonds is 4. The molecule has 4 heteroatoms. The number of aromatic nitrogens is 1. The molecule has 0 aliphatic heterocycles. The first-order valence-corrected chi connectivity index (χ1v) is 5.33. The molecule has 1 heterocycles. The van der Waals surface area contributed by atoms with E-state index < -0.39 is 0 Å². The van der Waals surface area contributed by atoms with Gasteiger partial charge in [-0.05, 0) is 26.0 Å². The van der Waals surface area contributed by atoms with Gasteiger partial charge in [-0.1, -0.05) is 0 Å². The molecule has 82 valence electrons. The highest BCUT2D eigenvalue weighted by Gasteiger charge is 2.25. The monoisotopic (exact) mass is 207 g/mol. The molecule has 0 spiro atoms. The molecule has 0 atom stereocenters. The molecule has 0 amide bonds. The first kappa shape index (κ1) is 10.2. The molecule has 15 heavy (non-hydrogen) atoms. The van der Waals surface area contributed by atoms with Crippen LogP contribution in [0.15, 0.2) is 23.1 Å². The predicted octanol–water partition coefficient (Wildman–Crippen LogP) is 0.525. The summed E-state index contributed by atoms with van der Waals surface area (Å²) in [6.07, 6.45) is 4.30. The highest BCUT2D eigenvalue weighted by atomic mass is 16.1. The van der Waals surface area contributed by atoms with Crippen molar-refractivity contribution in [2.24, 2.45) is 0 Å². The molecule has 1 saturated carbocycles. The van der Waals surface area contributed by atoms with E-state index in [-0.39, 0.29) is 5.56 Å². The zero-order valence-corrected chi connectivity index (χ0v) is 9.02. The summed E-state index contributed by atoms with van der Waals surface area (Å²) in [5, 5.41) is 0. The van der Waals surface area contributed by atoms with Crippen LogP contribution in [0, 0.1) is 0 Å². The molecular formula is C11H17N3O. The minimum absolute atomic E-state index is 0.0217. The van der Waals surface area contributed by atoms with E-state index in [0.717, 1.165) is 19.1 Å². The van der Waals surface area contributed by atoms with Crippen molar-refractivity contribution in [2.45, 2.75) is 25.4 Å². The van der Waals surface area contributed by atoms with Crippen LogP contribution < -0.4 is 11.3 Å². The van der Waals surface area contributed by atoms with E-state index in [9.17, 15) is 4.79 Å². The van der Waals surface area contributed by atoms with E-state index in [1.807, 2.05) is 0 Å². The molecule has 1 aromatic rings. The van der Waals surface area contributed by atoms with Gasteiger partial charge in [-0.15, -0.1) is 0 Å². The third-order valence-corrected chi connectivity index (χ3v) is 2.87. The first-order valence-electron chi connectivity index (χ1n) is 5.33. The van der Waals surface area contributed by atoms with Crippen LogP contribution in [0.5, 0.6) is 0 Å². The fraction of sp³-hybridized carbons (Fsp3) is 0.545. The lowest BCUT2D eigenvalue weighted by Crippen LogP contribution is -2.29. The van der Waals surface area contributed by atoms with Crippen LogP contribution in [-0.2, 0) is 6.54 Å². The molecule has 0 unspecified atom stereocenters. The van der Waals surface area contributed by atoms with Crippen molar-refractivity contribution in [2.75, 3.05) is 19.3 Å². The Labute approximate surface area is 89.3 Å². The molecule has 1 fully saturated rings. The Bertz CT molecular complexity index is 395. The molecule has 1 aromatic heterocycles. The maximum absolute atomic E-state index is 11.5. The van der Waals surface area contributed by atoms with Crippen LogP contribution in [0.4, 0.5) is 5.69 Å². The molecule has 2 N–H and O–H groups in total. The van der Waals surface area contributed by atoms with Crippen molar-refractivity contribution in [1.29, 1.82) is 0 Å². The second-order valence-electron chi connectivity index (χ2n) is 4.21. The maximum atomic E-state index is 11.5. The smallest absolute Gasteiger partial charge is 0.250 e. The van der Waals surface area contributed by atoms with Crippen molar-refractivity contribution >= 4 is 5.69 Å². The van der Waals surface area contributed by atoms with Gasteiger partial charge in [0, 0.05) is 37.1 Å². The summed E-state index contributed by atoms with van der Waals surface area (Å²) >= 11 is 0. The average molecular weight is 207 g/mol. The Morgan fingerprint density at radius 2 is 2.27 bits per heavy atom. The molecule has 0 bridgehead atoms. The van der Waals surface area contributed by atoms with Crippen molar-refractivity contribution in [1.82, 2.24) is 9.47 Å². The topological polar surface area (TPSA) is 51.3 Å². The number of anilines is 1. The Morgan fingerprint density at radius 3 is 2.93 bits per heavy atom. The lowest BCUT2D eigenvalue weighted by Gasteiger charge is -2.16. The van der Waals surface area contributed by atoms with Gasteiger partial charge in [0.05, 0.1) is 0 Å². The third-order valence-electron chi connectivity index (χ3n) is 2.87. The molecule has 1 aliphatic rings. The number of hydrogen-bond acceptors (Lipinski definition) is 3. The van der Waals surface area contributed by atoms with Crippen LogP contribution in [0.1, 0.15) is 12.8 Å². The van der Waals surface area contributed by atoms with Gasteiger partial charge >= 0.3 is 0 Å². The molecule has 2 rings (SSSR count). The van der Waals surface area contributed by atoms with Crippen molar-refractivity contribution in [3.8, 4) is 0 Å². The van der Waals surface area contributed by atoms with Gasteiger partial charge in [0.15, 0.2) is 0 Å².